The van der Waals surface area contributed by atoms with Crippen molar-refractivity contribution < 1.29 is 9.53 Å². The maximum atomic E-state index is 11.2. The van der Waals surface area contributed by atoms with E-state index in [4.69, 9.17) is 0 Å². The Morgan fingerprint density at radius 3 is 3.38 bits per heavy atom. The molecule has 0 aliphatic carbocycles. The first kappa shape index (κ1) is 8.22. The Balaban J connectivity index is 2.13. The first-order chi connectivity index (χ1) is 6.31. The minimum Gasteiger partial charge on any atom is -0.469 e. The molecule has 1 aromatic heterocycles. The van der Waals surface area contributed by atoms with Crippen molar-refractivity contribution in [2.75, 3.05) is 7.11 Å². The average Bonchev–Trinajstić information content (AvgIpc) is 2.63. The van der Waals surface area contributed by atoms with Crippen molar-refractivity contribution in [1.29, 1.82) is 0 Å². The number of ether oxygens (including phenoxy) is 1. The lowest BCUT2D eigenvalue weighted by molar-refractivity contribution is -0.146. The zero-order valence-corrected chi connectivity index (χ0v) is 7.43. The second kappa shape index (κ2) is 3.16. The van der Waals surface area contributed by atoms with Crippen LogP contribution in [0.3, 0.4) is 0 Å². The van der Waals surface area contributed by atoms with Gasteiger partial charge in [-0.15, -0.1) is 10.2 Å². The number of hydrogen-bond acceptors (Lipinski definition) is 4. The minimum absolute atomic E-state index is 0.0401. The number of hydrogen-bond donors (Lipinski definition) is 0. The fourth-order valence-electron chi connectivity index (χ4n) is 1.61. The first-order valence-electron chi connectivity index (χ1n) is 4.26. The fraction of sp³-hybridized carbons (Fsp3) is 0.625. The summed E-state index contributed by atoms with van der Waals surface area (Å²) in [5.74, 6) is 0.692. The molecule has 0 unspecified atom stereocenters. The van der Waals surface area contributed by atoms with Gasteiger partial charge >= 0.3 is 5.97 Å². The van der Waals surface area contributed by atoms with E-state index in [2.05, 4.69) is 14.9 Å². The van der Waals surface area contributed by atoms with Crippen LogP contribution < -0.4 is 0 Å². The van der Waals surface area contributed by atoms with Gasteiger partial charge in [-0.1, -0.05) is 0 Å². The predicted octanol–water partition coefficient (Wildman–Crippen LogP) is 0.0135. The van der Waals surface area contributed by atoms with Crippen LogP contribution in [0.1, 0.15) is 12.2 Å². The highest BCUT2D eigenvalue weighted by Crippen LogP contribution is 2.19. The van der Waals surface area contributed by atoms with E-state index in [1.165, 1.54) is 7.11 Å². The Kier molecular flexibility index (Phi) is 2.00. The molecule has 0 saturated carbocycles. The van der Waals surface area contributed by atoms with Crippen molar-refractivity contribution in [3.8, 4) is 0 Å². The van der Waals surface area contributed by atoms with E-state index in [9.17, 15) is 4.79 Å². The summed E-state index contributed by atoms with van der Waals surface area (Å²) >= 11 is 0. The van der Waals surface area contributed by atoms with Crippen LogP contribution in [-0.4, -0.2) is 27.8 Å². The maximum absolute atomic E-state index is 11.2. The number of methoxy groups -OCH3 is 1. The molecule has 1 aliphatic rings. The van der Waals surface area contributed by atoms with Crippen LogP contribution in [-0.2, 0) is 22.5 Å². The number of aromatic nitrogens is 3. The molecule has 1 aromatic rings. The zero-order chi connectivity index (χ0) is 9.26. The topological polar surface area (TPSA) is 57.0 Å². The van der Waals surface area contributed by atoms with Crippen LogP contribution >= 0.6 is 0 Å². The van der Waals surface area contributed by atoms with Gasteiger partial charge in [0.15, 0.2) is 0 Å². The molecule has 2 heterocycles. The molecule has 5 nitrogen and oxygen atoms in total. The number of carbonyl (C=O) groups excluding carboxylic acids is 1. The zero-order valence-electron chi connectivity index (χ0n) is 7.43. The summed E-state index contributed by atoms with van der Waals surface area (Å²) in [4.78, 5) is 11.2. The lowest BCUT2D eigenvalue weighted by atomic mass is 9.98. The van der Waals surface area contributed by atoms with Crippen LogP contribution in [0.4, 0.5) is 0 Å². The molecule has 0 amide bonds. The highest BCUT2D eigenvalue weighted by Gasteiger charge is 2.26. The highest BCUT2D eigenvalue weighted by molar-refractivity contribution is 5.72. The van der Waals surface area contributed by atoms with E-state index in [-0.39, 0.29) is 11.9 Å². The van der Waals surface area contributed by atoms with E-state index in [0.29, 0.717) is 6.42 Å². The van der Waals surface area contributed by atoms with Gasteiger partial charge in [-0.3, -0.25) is 4.79 Å². The van der Waals surface area contributed by atoms with E-state index < -0.39 is 0 Å². The summed E-state index contributed by atoms with van der Waals surface area (Å²) in [5.41, 5.74) is 0. The Hall–Kier alpha value is -1.39. The van der Waals surface area contributed by atoms with Gasteiger partial charge in [0.25, 0.3) is 0 Å². The third-order valence-electron chi connectivity index (χ3n) is 2.38. The standard InChI is InChI=1S/C8H11N3O2/c1-13-8(12)6-2-3-11-5-9-10-7(11)4-6/h5-6H,2-4H2,1H3/t6-/m0/s1. The molecule has 2 rings (SSSR count). The second-order valence-electron chi connectivity index (χ2n) is 3.15. The predicted molar refractivity (Wildman–Crippen MR) is 43.8 cm³/mol. The molecule has 0 fully saturated rings. The van der Waals surface area contributed by atoms with Crippen molar-refractivity contribution in [3.05, 3.63) is 12.2 Å². The summed E-state index contributed by atoms with van der Waals surface area (Å²) < 4.78 is 6.66. The lowest BCUT2D eigenvalue weighted by Crippen LogP contribution is -2.26. The Morgan fingerprint density at radius 2 is 2.62 bits per heavy atom. The van der Waals surface area contributed by atoms with Crippen molar-refractivity contribution in [1.82, 2.24) is 14.8 Å². The van der Waals surface area contributed by atoms with Crippen LogP contribution in [0.15, 0.2) is 6.33 Å². The Morgan fingerprint density at radius 1 is 1.77 bits per heavy atom. The van der Waals surface area contributed by atoms with E-state index in [1.807, 2.05) is 4.57 Å². The molecular formula is C8H11N3O2. The van der Waals surface area contributed by atoms with E-state index in [1.54, 1.807) is 6.33 Å². The van der Waals surface area contributed by atoms with Gasteiger partial charge in [0, 0.05) is 13.0 Å². The summed E-state index contributed by atoms with van der Waals surface area (Å²) in [6.45, 7) is 0.808. The van der Waals surface area contributed by atoms with Crippen molar-refractivity contribution in [2.24, 2.45) is 5.92 Å². The SMILES string of the molecule is COC(=O)[C@H]1CCn2cnnc2C1. The molecule has 0 N–H and O–H groups in total. The monoisotopic (exact) mass is 181 g/mol. The van der Waals surface area contributed by atoms with Crippen LogP contribution in [0, 0.1) is 5.92 Å². The fourth-order valence-corrected chi connectivity index (χ4v) is 1.61. The number of esters is 1. The van der Waals surface area contributed by atoms with Gasteiger partial charge in [0.2, 0.25) is 0 Å². The van der Waals surface area contributed by atoms with Gasteiger partial charge < -0.3 is 9.30 Å². The van der Waals surface area contributed by atoms with Crippen LogP contribution in [0.25, 0.3) is 0 Å². The van der Waals surface area contributed by atoms with Crippen LogP contribution in [0.2, 0.25) is 0 Å². The molecule has 13 heavy (non-hydrogen) atoms. The molecule has 5 heteroatoms. The first-order valence-corrected chi connectivity index (χ1v) is 4.26. The number of fused-ring (bicyclic) bond motifs is 1. The van der Waals surface area contributed by atoms with Gasteiger partial charge in [-0.2, -0.15) is 0 Å². The maximum Gasteiger partial charge on any atom is 0.309 e. The summed E-state index contributed by atoms with van der Waals surface area (Å²) in [6, 6.07) is 0. The quantitative estimate of drug-likeness (QED) is 0.573. The molecular weight excluding hydrogens is 170 g/mol. The van der Waals surface area contributed by atoms with E-state index in [0.717, 1.165) is 18.8 Å². The van der Waals surface area contributed by atoms with Gasteiger partial charge in [0.05, 0.1) is 13.0 Å². The van der Waals surface area contributed by atoms with Crippen molar-refractivity contribution in [2.45, 2.75) is 19.4 Å². The van der Waals surface area contributed by atoms with Crippen molar-refractivity contribution >= 4 is 5.97 Å². The smallest absolute Gasteiger partial charge is 0.309 e. The van der Waals surface area contributed by atoms with Gasteiger partial charge in [0.1, 0.15) is 12.2 Å². The molecule has 0 radical (unpaired) electrons. The summed E-state index contributed by atoms with van der Waals surface area (Å²) in [6.07, 6.45) is 3.16. The van der Waals surface area contributed by atoms with Crippen molar-refractivity contribution in [3.63, 3.8) is 0 Å². The summed E-state index contributed by atoms with van der Waals surface area (Å²) in [7, 11) is 1.42. The molecule has 1 atom stereocenters. The van der Waals surface area contributed by atoms with Gasteiger partial charge in [-0.05, 0) is 6.42 Å². The number of nitrogens with zero attached hydrogens (tertiary/aromatic N) is 3. The van der Waals surface area contributed by atoms with Crippen LogP contribution in [0.5, 0.6) is 0 Å². The minimum atomic E-state index is -0.144. The largest absolute Gasteiger partial charge is 0.469 e. The number of rotatable bonds is 1. The number of carbonyl (C=O) groups is 1. The highest BCUT2D eigenvalue weighted by atomic mass is 16.5. The molecule has 0 spiro atoms. The van der Waals surface area contributed by atoms with Gasteiger partial charge in [-0.25, -0.2) is 0 Å². The summed E-state index contributed by atoms with van der Waals surface area (Å²) in [5, 5.41) is 7.71. The second-order valence-corrected chi connectivity index (χ2v) is 3.15. The molecule has 0 aromatic carbocycles. The molecule has 70 valence electrons. The molecule has 0 bridgehead atoms. The Labute approximate surface area is 75.7 Å². The number of aryl methyl sites for hydroxylation is 1. The van der Waals surface area contributed by atoms with E-state index >= 15 is 0 Å². The third-order valence-corrected chi connectivity index (χ3v) is 2.38. The molecule has 1 aliphatic heterocycles. The lowest BCUT2D eigenvalue weighted by Gasteiger charge is -2.19. The average molecular weight is 181 g/mol. The third kappa shape index (κ3) is 1.41. The normalized spacial score (nSPS) is 20.8. The molecule has 0 saturated heterocycles. The Bertz CT molecular complexity index is 321.